The summed E-state index contributed by atoms with van der Waals surface area (Å²) in [7, 11) is 1.52. The number of ketones is 1. The average Bonchev–Trinajstić information content (AvgIpc) is 2.47. The third-order valence-corrected chi connectivity index (χ3v) is 3.32. The summed E-state index contributed by atoms with van der Waals surface area (Å²) in [5.41, 5.74) is 5.84. The molecule has 6 nitrogen and oxygen atoms in total. The van der Waals surface area contributed by atoms with Gasteiger partial charge in [0.15, 0.2) is 5.78 Å². The van der Waals surface area contributed by atoms with Gasteiger partial charge in [-0.15, -0.1) is 0 Å². The molecular weight excluding hydrogens is 260 g/mol. The smallest absolute Gasteiger partial charge is 0.237 e. The Labute approximate surface area is 117 Å². The number of rotatable bonds is 5. The molecule has 1 aliphatic heterocycles. The summed E-state index contributed by atoms with van der Waals surface area (Å²) in [6, 6.07) is 6.47. The SMILES string of the molecule is COc1ccccc1C(=O)CN1CCOCC1C(N)=O. The Balaban J connectivity index is 2.11. The highest BCUT2D eigenvalue weighted by molar-refractivity contribution is 6.00. The second kappa shape index (κ2) is 6.49. The minimum Gasteiger partial charge on any atom is -0.496 e. The number of primary amides is 1. The zero-order valence-corrected chi connectivity index (χ0v) is 11.4. The fourth-order valence-corrected chi connectivity index (χ4v) is 2.23. The maximum Gasteiger partial charge on any atom is 0.237 e. The maximum absolute atomic E-state index is 12.3. The van der Waals surface area contributed by atoms with Gasteiger partial charge in [-0.3, -0.25) is 14.5 Å². The highest BCUT2D eigenvalue weighted by Crippen LogP contribution is 2.19. The Kier molecular flexibility index (Phi) is 4.70. The molecule has 0 bridgehead atoms. The van der Waals surface area contributed by atoms with Crippen LogP contribution >= 0.6 is 0 Å². The fourth-order valence-electron chi connectivity index (χ4n) is 2.23. The summed E-state index contributed by atoms with van der Waals surface area (Å²) < 4.78 is 10.4. The van der Waals surface area contributed by atoms with Crippen molar-refractivity contribution in [1.29, 1.82) is 0 Å². The first kappa shape index (κ1) is 14.5. The first-order valence-electron chi connectivity index (χ1n) is 6.41. The molecule has 108 valence electrons. The van der Waals surface area contributed by atoms with Gasteiger partial charge in [0.1, 0.15) is 11.8 Å². The summed E-state index contributed by atoms with van der Waals surface area (Å²) in [6.07, 6.45) is 0. The lowest BCUT2D eigenvalue weighted by Gasteiger charge is -2.32. The van der Waals surface area contributed by atoms with Crippen molar-refractivity contribution < 1.29 is 19.1 Å². The number of morpholine rings is 1. The molecule has 1 fully saturated rings. The predicted molar refractivity (Wildman–Crippen MR) is 72.7 cm³/mol. The summed E-state index contributed by atoms with van der Waals surface area (Å²) in [5, 5.41) is 0. The van der Waals surface area contributed by atoms with Crippen molar-refractivity contribution in [3.05, 3.63) is 29.8 Å². The Morgan fingerprint density at radius 3 is 2.90 bits per heavy atom. The van der Waals surface area contributed by atoms with Gasteiger partial charge in [0.2, 0.25) is 5.91 Å². The largest absolute Gasteiger partial charge is 0.496 e. The zero-order valence-electron chi connectivity index (χ0n) is 11.4. The minimum atomic E-state index is -0.553. The quantitative estimate of drug-likeness (QED) is 0.770. The number of hydrogen-bond donors (Lipinski definition) is 1. The first-order valence-corrected chi connectivity index (χ1v) is 6.41. The van der Waals surface area contributed by atoms with Gasteiger partial charge in [0.25, 0.3) is 0 Å². The minimum absolute atomic E-state index is 0.101. The van der Waals surface area contributed by atoms with Gasteiger partial charge in [-0.05, 0) is 12.1 Å². The van der Waals surface area contributed by atoms with Gasteiger partial charge in [0.05, 0.1) is 32.4 Å². The van der Waals surface area contributed by atoms with E-state index in [2.05, 4.69) is 0 Å². The van der Waals surface area contributed by atoms with E-state index in [9.17, 15) is 9.59 Å². The van der Waals surface area contributed by atoms with E-state index in [-0.39, 0.29) is 18.9 Å². The molecule has 0 spiro atoms. The molecule has 1 heterocycles. The van der Waals surface area contributed by atoms with Crippen molar-refractivity contribution in [3.8, 4) is 5.75 Å². The lowest BCUT2D eigenvalue weighted by atomic mass is 10.1. The fraction of sp³-hybridized carbons (Fsp3) is 0.429. The van der Waals surface area contributed by atoms with E-state index in [1.54, 1.807) is 29.2 Å². The molecule has 1 amide bonds. The summed E-state index contributed by atoms with van der Waals surface area (Å²) >= 11 is 0. The van der Waals surface area contributed by atoms with Crippen molar-refractivity contribution in [1.82, 2.24) is 4.90 Å². The van der Waals surface area contributed by atoms with Crippen LogP contribution in [-0.2, 0) is 9.53 Å². The molecule has 0 aromatic heterocycles. The highest BCUT2D eigenvalue weighted by atomic mass is 16.5. The number of benzene rings is 1. The Bertz CT molecular complexity index is 504. The second-order valence-electron chi connectivity index (χ2n) is 4.59. The number of ether oxygens (including phenoxy) is 2. The molecule has 1 aromatic carbocycles. The average molecular weight is 278 g/mol. The molecular formula is C14H18N2O4. The first-order chi connectivity index (χ1) is 9.63. The van der Waals surface area contributed by atoms with Crippen LogP contribution in [-0.4, -0.2) is 56.0 Å². The van der Waals surface area contributed by atoms with E-state index in [1.807, 2.05) is 0 Å². The van der Waals surface area contributed by atoms with Crippen molar-refractivity contribution >= 4 is 11.7 Å². The molecule has 2 N–H and O–H groups in total. The van der Waals surface area contributed by atoms with Gasteiger partial charge < -0.3 is 15.2 Å². The molecule has 1 atom stereocenters. The van der Waals surface area contributed by atoms with E-state index >= 15 is 0 Å². The van der Waals surface area contributed by atoms with Crippen molar-refractivity contribution in [2.75, 3.05) is 33.4 Å². The number of carbonyl (C=O) groups excluding carboxylic acids is 2. The number of para-hydroxylation sites is 1. The summed E-state index contributed by atoms with van der Waals surface area (Å²) in [5.74, 6) is -0.0467. The number of amides is 1. The number of hydrogen-bond acceptors (Lipinski definition) is 5. The predicted octanol–water partition coefficient (Wildman–Crippen LogP) is 0.0640. The van der Waals surface area contributed by atoms with Gasteiger partial charge in [-0.25, -0.2) is 0 Å². The van der Waals surface area contributed by atoms with Crippen molar-refractivity contribution in [2.45, 2.75) is 6.04 Å². The molecule has 0 aliphatic carbocycles. The third-order valence-electron chi connectivity index (χ3n) is 3.32. The highest BCUT2D eigenvalue weighted by Gasteiger charge is 2.29. The Morgan fingerprint density at radius 2 is 2.20 bits per heavy atom. The molecule has 0 radical (unpaired) electrons. The van der Waals surface area contributed by atoms with Gasteiger partial charge in [-0.2, -0.15) is 0 Å². The number of Topliss-reactive ketones (excluding diaryl/α,β-unsaturated/α-hetero) is 1. The zero-order chi connectivity index (χ0) is 14.5. The van der Waals surface area contributed by atoms with Gasteiger partial charge in [-0.1, -0.05) is 12.1 Å². The van der Waals surface area contributed by atoms with E-state index in [4.69, 9.17) is 15.2 Å². The topological polar surface area (TPSA) is 81.9 Å². The molecule has 1 aliphatic rings. The lowest BCUT2D eigenvalue weighted by molar-refractivity contribution is -0.128. The number of nitrogens with two attached hydrogens (primary N) is 1. The Morgan fingerprint density at radius 1 is 1.45 bits per heavy atom. The standard InChI is InChI=1S/C14H18N2O4/c1-19-13-5-3-2-4-10(13)12(17)8-16-6-7-20-9-11(16)14(15)18/h2-5,11H,6-9H2,1H3,(H2,15,18). The van der Waals surface area contributed by atoms with Crippen LogP contribution in [0.25, 0.3) is 0 Å². The van der Waals surface area contributed by atoms with Crippen LogP contribution in [0.2, 0.25) is 0 Å². The Hall–Kier alpha value is -1.92. The molecule has 1 saturated heterocycles. The lowest BCUT2D eigenvalue weighted by Crippen LogP contribution is -2.53. The molecule has 1 unspecified atom stereocenters. The molecule has 0 saturated carbocycles. The van der Waals surface area contributed by atoms with E-state index in [0.717, 1.165) is 0 Å². The third kappa shape index (κ3) is 3.15. The van der Waals surface area contributed by atoms with Crippen LogP contribution in [0.5, 0.6) is 5.75 Å². The van der Waals surface area contributed by atoms with Crippen LogP contribution in [0.4, 0.5) is 0 Å². The monoisotopic (exact) mass is 278 g/mol. The van der Waals surface area contributed by atoms with Gasteiger partial charge in [0, 0.05) is 6.54 Å². The molecule has 20 heavy (non-hydrogen) atoms. The molecule has 2 rings (SSSR count). The second-order valence-corrected chi connectivity index (χ2v) is 4.59. The van der Waals surface area contributed by atoms with Gasteiger partial charge >= 0.3 is 0 Å². The summed E-state index contributed by atoms with van der Waals surface area (Å²) in [6.45, 7) is 1.35. The maximum atomic E-state index is 12.3. The van der Waals surface area contributed by atoms with Crippen molar-refractivity contribution in [2.24, 2.45) is 5.73 Å². The van der Waals surface area contributed by atoms with Crippen LogP contribution in [0.3, 0.4) is 0 Å². The van der Waals surface area contributed by atoms with Crippen LogP contribution in [0, 0.1) is 0 Å². The van der Waals surface area contributed by atoms with Crippen molar-refractivity contribution in [3.63, 3.8) is 0 Å². The number of nitrogens with zero attached hydrogens (tertiary/aromatic N) is 1. The van der Waals surface area contributed by atoms with Crippen LogP contribution < -0.4 is 10.5 Å². The number of carbonyl (C=O) groups is 2. The van der Waals surface area contributed by atoms with E-state index in [0.29, 0.717) is 24.5 Å². The number of methoxy groups -OCH3 is 1. The van der Waals surface area contributed by atoms with Crippen LogP contribution in [0.1, 0.15) is 10.4 Å². The normalized spacial score (nSPS) is 19.6. The molecule has 1 aromatic rings. The van der Waals surface area contributed by atoms with E-state index in [1.165, 1.54) is 7.11 Å². The van der Waals surface area contributed by atoms with Crippen LogP contribution in [0.15, 0.2) is 24.3 Å². The van der Waals surface area contributed by atoms with E-state index < -0.39 is 11.9 Å². The molecule has 6 heteroatoms. The summed E-state index contributed by atoms with van der Waals surface area (Å²) in [4.78, 5) is 25.5.